The summed E-state index contributed by atoms with van der Waals surface area (Å²) in [6.45, 7) is 3.23. The molecule has 0 saturated carbocycles. The molecule has 1 amide bonds. The number of carbonyl (C=O) groups excluding carboxylic acids is 2. The predicted octanol–water partition coefficient (Wildman–Crippen LogP) is 4.14. The van der Waals surface area contributed by atoms with E-state index in [0.29, 0.717) is 4.68 Å². The zero-order valence-corrected chi connectivity index (χ0v) is 19.2. The van der Waals surface area contributed by atoms with E-state index in [9.17, 15) is 22.8 Å². The maximum atomic E-state index is 13.7. The molecule has 1 atom stereocenters. The van der Waals surface area contributed by atoms with Gasteiger partial charge in [0.1, 0.15) is 18.2 Å². The van der Waals surface area contributed by atoms with Gasteiger partial charge in [0.25, 0.3) is 5.91 Å². The van der Waals surface area contributed by atoms with Gasteiger partial charge in [0, 0.05) is 5.56 Å². The van der Waals surface area contributed by atoms with E-state index in [2.05, 4.69) is 20.5 Å². The monoisotopic (exact) mass is 498 g/mol. The van der Waals surface area contributed by atoms with Crippen LogP contribution in [0.3, 0.4) is 0 Å². The van der Waals surface area contributed by atoms with E-state index >= 15 is 0 Å². The molecular formula is C24H21F3N6O3. The van der Waals surface area contributed by atoms with Crippen molar-refractivity contribution < 1.29 is 27.5 Å². The quantitative estimate of drug-likeness (QED) is 0.384. The summed E-state index contributed by atoms with van der Waals surface area (Å²) in [6.07, 6.45) is -1.04. The molecule has 1 N–H and O–H groups in total. The van der Waals surface area contributed by atoms with Crippen molar-refractivity contribution in [3.63, 3.8) is 0 Å². The van der Waals surface area contributed by atoms with Gasteiger partial charge in [-0.05, 0) is 55.8 Å². The Morgan fingerprint density at radius 2 is 1.69 bits per heavy atom. The first-order chi connectivity index (χ1) is 17.2. The van der Waals surface area contributed by atoms with Gasteiger partial charge in [0.15, 0.2) is 5.69 Å². The lowest BCUT2D eigenvalue weighted by atomic mass is 10.1. The lowest BCUT2D eigenvalue weighted by Crippen LogP contribution is -2.26. The van der Waals surface area contributed by atoms with Crippen molar-refractivity contribution in [3.8, 4) is 11.4 Å². The van der Waals surface area contributed by atoms with E-state index < -0.39 is 29.3 Å². The summed E-state index contributed by atoms with van der Waals surface area (Å²) >= 11 is 0. The highest BCUT2D eigenvalue weighted by atomic mass is 19.4. The van der Waals surface area contributed by atoms with Gasteiger partial charge in [-0.3, -0.25) is 4.79 Å². The van der Waals surface area contributed by atoms with Gasteiger partial charge in [-0.2, -0.15) is 23.4 Å². The average Bonchev–Trinajstić information content (AvgIpc) is 3.55. The third-order valence-corrected chi connectivity index (χ3v) is 5.33. The SMILES string of the molecule is CCOC(=O)c1cnn(-c2ccc(C(=O)NC(C)c3ccc(-n4cncn4)cc3)cc2)c1C(F)(F)F. The summed E-state index contributed by atoms with van der Waals surface area (Å²) in [4.78, 5) is 28.6. The van der Waals surface area contributed by atoms with Crippen molar-refractivity contribution in [3.05, 3.63) is 89.8 Å². The van der Waals surface area contributed by atoms with Crippen molar-refractivity contribution in [2.24, 2.45) is 0 Å². The molecule has 0 spiro atoms. The van der Waals surface area contributed by atoms with Crippen LogP contribution in [0.2, 0.25) is 0 Å². The van der Waals surface area contributed by atoms with E-state index in [4.69, 9.17) is 4.74 Å². The molecule has 0 saturated heterocycles. The molecule has 0 aliphatic carbocycles. The van der Waals surface area contributed by atoms with Crippen LogP contribution in [0, 0.1) is 0 Å². The van der Waals surface area contributed by atoms with Gasteiger partial charge < -0.3 is 10.1 Å². The van der Waals surface area contributed by atoms with Gasteiger partial charge in [-0.1, -0.05) is 12.1 Å². The molecule has 9 nitrogen and oxygen atoms in total. The van der Waals surface area contributed by atoms with Crippen molar-refractivity contribution >= 4 is 11.9 Å². The largest absolute Gasteiger partial charge is 0.462 e. The van der Waals surface area contributed by atoms with Crippen molar-refractivity contribution in [1.29, 1.82) is 0 Å². The van der Waals surface area contributed by atoms with Crippen LogP contribution >= 0.6 is 0 Å². The van der Waals surface area contributed by atoms with Gasteiger partial charge in [-0.15, -0.1) is 0 Å². The molecule has 4 aromatic rings. The zero-order chi connectivity index (χ0) is 25.9. The smallest absolute Gasteiger partial charge is 0.434 e. The second kappa shape index (κ2) is 10.0. The van der Waals surface area contributed by atoms with Gasteiger partial charge in [0.05, 0.1) is 30.2 Å². The first-order valence-electron chi connectivity index (χ1n) is 10.9. The van der Waals surface area contributed by atoms with Crippen molar-refractivity contribution in [2.45, 2.75) is 26.1 Å². The number of alkyl halides is 3. The molecule has 0 radical (unpaired) electrons. The standard InChI is InChI=1S/C24H21F3N6O3/c1-3-36-23(35)20-12-29-33(21(20)24(25,26)27)19-10-6-17(7-11-19)22(34)31-15(2)16-4-8-18(9-5-16)32-14-28-13-30-32/h4-15H,3H2,1-2H3,(H,31,34). The number of benzene rings is 2. The Kier molecular flexibility index (Phi) is 6.86. The van der Waals surface area contributed by atoms with E-state index in [1.807, 2.05) is 31.2 Å². The minimum absolute atomic E-state index is 0.0335. The Morgan fingerprint density at radius 1 is 1.03 bits per heavy atom. The highest BCUT2D eigenvalue weighted by Crippen LogP contribution is 2.34. The maximum Gasteiger partial charge on any atom is 0.434 e. The molecule has 0 bridgehead atoms. The molecule has 0 aliphatic heterocycles. The Labute approximate surface area is 203 Å². The summed E-state index contributed by atoms with van der Waals surface area (Å²) in [6, 6.07) is 12.5. The van der Waals surface area contributed by atoms with Crippen LogP contribution in [0.4, 0.5) is 13.2 Å². The highest BCUT2D eigenvalue weighted by Gasteiger charge is 2.41. The lowest BCUT2D eigenvalue weighted by molar-refractivity contribution is -0.143. The summed E-state index contributed by atoms with van der Waals surface area (Å²) in [7, 11) is 0. The number of carbonyl (C=O) groups is 2. The van der Waals surface area contributed by atoms with Crippen LogP contribution in [0.15, 0.2) is 67.4 Å². The van der Waals surface area contributed by atoms with Crippen LogP contribution in [-0.2, 0) is 10.9 Å². The summed E-state index contributed by atoms with van der Waals surface area (Å²) in [5.41, 5.74) is 0.00769. The number of nitrogens with zero attached hydrogens (tertiary/aromatic N) is 5. The number of rotatable bonds is 7. The minimum Gasteiger partial charge on any atom is -0.462 e. The molecule has 0 aliphatic rings. The normalized spacial score (nSPS) is 12.2. The second-order valence-corrected chi connectivity index (χ2v) is 7.71. The topological polar surface area (TPSA) is 104 Å². The molecule has 4 rings (SSSR count). The fourth-order valence-electron chi connectivity index (χ4n) is 3.55. The fraction of sp³-hybridized carbons (Fsp3) is 0.208. The van der Waals surface area contributed by atoms with Gasteiger partial charge >= 0.3 is 12.1 Å². The molecule has 0 fully saturated rings. The molecule has 12 heteroatoms. The molecule has 2 aromatic carbocycles. The van der Waals surface area contributed by atoms with Crippen LogP contribution < -0.4 is 5.32 Å². The fourth-order valence-corrected chi connectivity index (χ4v) is 3.55. The second-order valence-electron chi connectivity index (χ2n) is 7.71. The van der Waals surface area contributed by atoms with E-state index in [1.54, 1.807) is 11.0 Å². The van der Waals surface area contributed by atoms with E-state index in [0.717, 1.165) is 17.4 Å². The number of nitrogens with one attached hydrogen (secondary N) is 1. The summed E-state index contributed by atoms with van der Waals surface area (Å²) in [5, 5.41) is 10.6. The van der Waals surface area contributed by atoms with Crippen LogP contribution in [-0.4, -0.2) is 43.0 Å². The van der Waals surface area contributed by atoms with Crippen LogP contribution in [0.1, 0.15) is 51.9 Å². The Bertz CT molecular complexity index is 1350. The molecule has 2 heterocycles. The predicted molar refractivity (Wildman–Crippen MR) is 122 cm³/mol. The maximum absolute atomic E-state index is 13.7. The van der Waals surface area contributed by atoms with Gasteiger partial charge in [-0.25, -0.2) is 19.1 Å². The first kappa shape index (κ1) is 24.6. The van der Waals surface area contributed by atoms with E-state index in [1.165, 1.54) is 37.5 Å². The zero-order valence-electron chi connectivity index (χ0n) is 19.2. The summed E-state index contributed by atoms with van der Waals surface area (Å²) < 4.78 is 48.0. The minimum atomic E-state index is -4.85. The number of ether oxygens (including phenoxy) is 1. The molecule has 1 unspecified atom stereocenters. The summed E-state index contributed by atoms with van der Waals surface area (Å²) in [5.74, 6) is -1.52. The van der Waals surface area contributed by atoms with Crippen molar-refractivity contribution in [1.82, 2.24) is 29.9 Å². The van der Waals surface area contributed by atoms with Crippen LogP contribution in [0.25, 0.3) is 11.4 Å². The Balaban J connectivity index is 1.50. The number of amides is 1. The average molecular weight is 498 g/mol. The number of halogens is 3. The molecule has 186 valence electrons. The number of esters is 1. The van der Waals surface area contributed by atoms with Gasteiger partial charge in [0.2, 0.25) is 0 Å². The van der Waals surface area contributed by atoms with Crippen molar-refractivity contribution in [2.75, 3.05) is 6.61 Å². The number of aromatic nitrogens is 5. The lowest BCUT2D eigenvalue weighted by Gasteiger charge is -2.16. The number of hydrogen-bond donors (Lipinski definition) is 1. The Hall–Kier alpha value is -4.48. The third-order valence-electron chi connectivity index (χ3n) is 5.33. The number of hydrogen-bond acceptors (Lipinski definition) is 6. The molecule has 36 heavy (non-hydrogen) atoms. The van der Waals surface area contributed by atoms with Crippen LogP contribution in [0.5, 0.6) is 0 Å². The van der Waals surface area contributed by atoms with E-state index in [-0.39, 0.29) is 23.9 Å². The molecule has 2 aromatic heterocycles. The first-order valence-corrected chi connectivity index (χ1v) is 10.9. The third kappa shape index (κ3) is 5.11. The Morgan fingerprint density at radius 3 is 2.28 bits per heavy atom. The molecular weight excluding hydrogens is 477 g/mol. The highest BCUT2D eigenvalue weighted by molar-refractivity contribution is 5.94.